The number of benzene rings is 10. The highest BCUT2D eigenvalue weighted by molar-refractivity contribution is 6.13. The summed E-state index contributed by atoms with van der Waals surface area (Å²) in [5.74, 6) is 0. The van der Waals surface area contributed by atoms with Crippen molar-refractivity contribution in [3.05, 3.63) is 257 Å². The Kier molecular flexibility index (Phi) is 7.02. The molecule has 15 rings (SSSR count). The minimum Gasteiger partial charge on any atom is -0.456 e. The molecule has 3 heteroatoms. The third kappa shape index (κ3) is 4.38. The van der Waals surface area contributed by atoms with E-state index in [-0.39, 0.29) is 0 Å². The molecule has 2 heterocycles. The minimum atomic E-state index is -0.618. The third-order valence-electron chi connectivity index (χ3n) is 15.4. The summed E-state index contributed by atoms with van der Waals surface area (Å²) in [5.41, 5.74) is 21.8. The summed E-state index contributed by atoms with van der Waals surface area (Å²) < 4.78 is 14.2. The lowest BCUT2D eigenvalue weighted by Gasteiger charge is -2.36. The first-order chi connectivity index (χ1) is 32.6. The Morgan fingerprint density at radius 2 is 0.773 bits per heavy atom. The van der Waals surface area contributed by atoms with Crippen molar-refractivity contribution in [2.24, 2.45) is 0 Å². The van der Waals surface area contributed by atoms with Crippen molar-refractivity contribution in [1.82, 2.24) is 0 Å². The van der Waals surface area contributed by atoms with Gasteiger partial charge in [0.2, 0.25) is 0 Å². The lowest BCUT2D eigenvalue weighted by Crippen LogP contribution is -2.27. The fourth-order valence-electron chi connectivity index (χ4n) is 12.7. The van der Waals surface area contributed by atoms with Crippen LogP contribution in [0, 0.1) is 0 Å². The average Bonchev–Trinajstić information content (AvgIpc) is 4.16. The van der Waals surface area contributed by atoms with Crippen LogP contribution in [0.1, 0.15) is 45.9 Å². The van der Waals surface area contributed by atoms with Gasteiger partial charge in [0.25, 0.3) is 0 Å². The largest absolute Gasteiger partial charge is 0.456 e. The molecule has 0 saturated carbocycles. The third-order valence-corrected chi connectivity index (χ3v) is 15.4. The second kappa shape index (κ2) is 12.9. The predicted molar refractivity (Wildman–Crippen MR) is 269 cm³/mol. The average molecular weight is 842 g/mol. The van der Waals surface area contributed by atoms with Crippen LogP contribution in [0.25, 0.3) is 77.3 Å². The maximum atomic E-state index is 7.21. The van der Waals surface area contributed by atoms with Crippen molar-refractivity contribution in [3.8, 4) is 33.4 Å². The summed E-state index contributed by atoms with van der Waals surface area (Å²) in [6.45, 7) is 2.41. The molecule has 0 saturated heterocycles. The Morgan fingerprint density at radius 1 is 0.333 bits per heavy atom. The van der Waals surface area contributed by atoms with Gasteiger partial charge in [-0.1, -0.05) is 176 Å². The van der Waals surface area contributed by atoms with Crippen LogP contribution in [0.3, 0.4) is 0 Å². The molecule has 66 heavy (non-hydrogen) atoms. The zero-order valence-corrected chi connectivity index (χ0v) is 36.0. The molecule has 0 fully saturated rings. The molecule has 3 aliphatic rings. The molecule has 3 aliphatic carbocycles. The Bertz CT molecular complexity index is 3940. The smallest absolute Gasteiger partial charge is 0.159 e. The minimum absolute atomic E-state index is 0.521. The maximum absolute atomic E-state index is 7.21. The van der Waals surface area contributed by atoms with E-state index in [0.717, 1.165) is 66.5 Å². The number of hydrogen-bond acceptors (Lipinski definition) is 3. The van der Waals surface area contributed by atoms with Gasteiger partial charge in [0, 0.05) is 38.2 Å². The van der Waals surface area contributed by atoms with E-state index in [1.54, 1.807) is 0 Å². The van der Waals surface area contributed by atoms with Gasteiger partial charge < -0.3 is 13.7 Å². The van der Waals surface area contributed by atoms with E-state index < -0.39 is 10.8 Å². The number of hydrogen-bond donors (Lipinski definition) is 0. The Balaban J connectivity index is 1.10. The summed E-state index contributed by atoms with van der Waals surface area (Å²) in [6, 6.07) is 80.3. The lowest BCUT2D eigenvalue weighted by molar-refractivity contribution is 0.637. The molecule has 12 aromatic rings. The van der Waals surface area contributed by atoms with Gasteiger partial charge in [-0.15, -0.1) is 0 Å². The normalized spacial score (nSPS) is 14.4. The van der Waals surface area contributed by atoms with Gasteiger partial charge in [-0.25, -0.2) is 0 Å². The molecule has 0 bridgehead atoms. The molecule has 0 radical (unpaired) electrons. The molecule has 0 aliphatic heterocycles. The molecule has 0 unspecified atom stereocenters. The van der Waals surface area contributed by atoms with Gasteiger partial charge in [0.1, 0.15) is 16.7 Å². The first-order valence-electron chi connectivity index (χ1n) is 22.9. The SMILES string of the molecule is CC1(c2c(N(c3ccc4c(c3)C3(c5ccccc5-c5ccccc53)c3ccccc3-4)c3cccc4c3oc3ccccc34)ccc3c2oc2ccccc23)c2ccccc2-c2ccccc21. The van der Waals surface area contributed by atoms with E-state index in [9.17, 15) is 0 Å². The first-order valence-corrected chi connectivity index (χ1v) is 22.9. The van der Waals surface area contributed by atoms with Crippen molar-refractivity contribution >= 4 is 60.9 Å². The highest BCUT2D eigenvalue weighted by Gasteiger charge is 2.52. The Hall–Kier alpha value is -8.40. The second-order valence-corrected chi connectivity index (χ2v) is 18.4. The predicted octanol–water partition coefficient (Wildman–Crippen LogP) is 16.6. The van der Waals surface area contributed by atoms with Gasteiger partial charge in [0.05, 0.1) is 16.8 Å². The number of fused-ring (bicyclic) bond motifs is 19. The molecule has 1 spiro atoms. The van der Waals surface area contributed by atoms with Crippen molar-refractivity contribution in [3.63, 3.8) is 0 Å². The quantitative estimate of drug-likeness (QED) is 0.177. The molecule has 0 N–H and O–H groups in total. The maximum Gasteiger partial charge on any atom is 0.159 e. The van der Waals surface area contributed by atoms with Crippen LogP contribution in [0.5, 0.6) is 0 Å². The second-order valence-electron chi connectivity index (χ2n) is 18.4. The fourth-order valence-corrected chi connectivity index (χ4v) is 12.7. The van der Waals surface area contributed by atoms with Crippen molar-refractivity contribution in [2.45, 2.75) is 17.8 Å². The lowest BCUT2D eigenvalue weighted by atomic mass is 9.70. The summed E-state index contributed by atoms with van der Waals surface area (Å²) >= 11 is 0. The fraction of sp³-hybridized carbons (Fsp3) is 0.0476. The Morgan fingerprint density at radius 3 is 1.35 bits per heavy atom. The van der Waals surface area contributed by atoms with Crippen LogP contribution in [0.15, 0.2) is 227 Å². The molecule has 308 valence electrons. The van der Waals surface area contributed by atoms with Crippen molar-refractivity contribution in [2.75, 3.05) is 4.90 Å². The molecular weight excluding hydrogens is 803 g/mol. The van der Waals surface area contributed by atoms with Gasteiger partial charge in [0.15, 0.2) is 5.58 Å². The van der Waals surface area contributed by atoms with Crippen LogP contribution >= 0.6 is 0 Å². The van der Waals surface area contributed by atoms with E-state index in [1.165, 1.54) is 66.8 Å². The Labute approximate surface area is 381 Å². The zero-order valence-electron chi connectivity index (χ0n) is 36.0. The number of para-hydroxylation sites is 3. The van der Waals surface area contributed by atoms with Crippen molar-refractivity contribution < 1.29 is 8.83 Å². The monoisotopic (exact) mass is 841 g/mol. The molecule has 0 amide bonds. The zero-order chi connectivity index (χ0) is 43.3. The standard InChI is InChI=1S/C63H39NO2/c1-62(49-25-9-2-17-39(49)40-18-3-10-26-50(40)62)59-55(36-35-48-46-23-8-15-32-58(46)66-61(48)59)64(56-30-16-24-47-45-22-7-14-31-57(45)65-60(47)56)38-33-34-44-43-21-6-13-29-53(43)63(54(44)37-38)51-27-11-4-19-41(51)42-20-5-12-28-52(42)63/h2-37H,1H3. The van der Waals surface area contributed by atoms with E-state index in [0.29, 0.717) is 0 Å². The number of anilines is 3. The molecule has 0 atom stereocenters. The van der Waals surface area contributed by atoms with E-state index in [4.69, 9.17) is 8.83 Å². The van der Waals surface area contributed by atoms with Crippen LogP contribution in [-0.2, 0) is 10.8 Å². The van der Waals surface area contributed by atoms with Crippen LogP contribution in [0.4, 0.5) is 17.1 Å². The molecule has 2 aromatic heterocycles. The van der Waals surface area contributed by atoms with Gasteiger partial charge in [-0.2, -0.15) is 0 Å². The number of rotatable bonds is 4. The first kappa shape index (κ1) is 36.0. The summed E-state index contributed by atoms with van der Waals surface area (Å²) in [6.07, 6.45) is 0. The van der Waals surface area contributed by atoms with Gasteiger partial charge in [-0.3, -0.25) is 0 Å². The van der Waals surface area contributed by atoms with Crippen LogP contribution in [-0.4, -0.2) is 0 Å². The number of furan rings is 2. The van der Waals surface area contributed by atoms with E-state index in [2.05, 4.69) is 230 Å². The summed E-state index contributed by atoms with van der Waals surface area (Å²) in [7, 11) is 0. The highest BCUT2D eigenvalue weighted by atomic mass is 16.3. The summed E-state index contributed by atoms with van der Waals surface area (Å²) in [5, 5.41) is 4.36. The van der Waals surface area contributed by atoms with E-state index in [1.807, 2.05) is 0 Å². The van der Waals surface area contributed by atoms with Crippen LogP contribution in [0.2, 0.25) is 0 Å². The summed E-state index contributed by atoms with van der Waals surface area (Å²) in [4.78, 5) is 2.48. The van der Waals surface area contributed by atoms with Gasteiger partial charge >= 0.3 is 0 Å². The van der Waals surface area contributed by atoms with E-state index >= 15 is 0 Å². The van der Waals surface area contributed by atoms with Crippen molar-refractivity contribution in [1.29, 1.82) is 0 Å². The topological polar surface area (TPSA) is 29.5 Å². The number of nitrogens with zero attached hydrogens (tertiary/aromatic N) is 1. The highest BCUT2D eigenvalue weighted by Crippen LogP contribution is 2.64. The molecule has 10 aromatic carbocycles. The van der Waals surface area contributed by atoms with Gasteiger partial charge in [-0.05, 0) is 116 Å². The molecule has 3 nitrogen and oxygen atoms in total. The molecular formula is C63H39NO2. The van der Waals surface area contributed by atoms with Crippen LogP contribution < -0.4 is 4.90 Å².